The number of esters is 1. The highest BCUT2D eigenvalue weighted by atomic mass is 16.5. The van der Waals surface area contributed by atoms with E-state index in [-0.39, 0.29) is 18.5 Å². The minimum atomic E-state index is -0.587. The van der Waals surface area contributed by atoms with Gasteiger partial charge in [-0.3, -0.25) is 4.79 Å². The maximum Gasteiger partial charge on any atom is 0.328 e. The van der Waals surface area contributed by atoms with E-state index >= 15 is 0 Å². The van der Waals surface area contributed by atoms with Crippen molar-refractivity contribution in [2.24, 2.45) is 0 Å². The molecule has 172 valence electrons. The monoisotopic (exact) mass is 441 g/mol. The molecule has 0 saturated carbocycles. The number of para-hydroxylation sites is 1. The number of rotatable bonds is 9. The molecule has 2 aromatic rings. The van der Waals surface area contributed by atoms with Gasteiger partial charge in [0.15, 0.2) is 11.5 Å². The molecular formula is C25H31NO6. The fraction of sp³-hybridized carbons (Fsp3) is 0.440. The minimum absolute atomic E-state index is 0.199. The lowest BCUT2D eigenvalue weighted by atomic mass is 10.0. The number of methoxy groups -OCH3 is 2. The minimum Gasteiger partial charge on any atom is -0.493 e. The van der Waals surface area contributed by atoms with Gasteiger partial charge in [0.2, 0.25) is 0 Å². The van der Waals surface area contributed by atoms with Crippen molar-refractivity contribution in [3.8, 4) is 17.2 Å². The Bertz CT molecular complexity index is 928. The van der Waals surface area contributed by atoms with E-state index in [1.807, 2.05) is 31.2 Å². The summed E-state index contributed by atoms with van der Waals surface area (Å²) in [6.07, 6.45) is 2.88. The number of amides is 1. The summed E-state index contributed by atoms with van der Waals surface area (Å²) in [5.74, 6) is 1.25. The first kappa shape index (κ1) is 23.4. The Kier molecular flexibility index (Phi) is 8.36. The number of hydrogen-bond donors (Lipinski definition) is 0. The molecule has 0 radical (unpaired) electrons. The zero-order chi connectivity index (χ0) is 22.9. The Morgan fingerprint density at radius 3 is 2.53 bits per heavy atom. The van der Waals surface area contributed by atoms with Gasteiger partial charge in [0.05, 0.1) is 33.0 Å². The van der Waals surface area contributed by atoms with Crippen molar-refractivity contribution >= 4 is 11.9 Å². The molecule has 1 aliphatic rings. The Hall–Kier alpha value is -3.22. The third kappa shape index (κ3) is 5.52. The van der Waals surface area contributed by atoms with Crippen molar-refractivity contribution in [2.75, 3.05) is 34.0 Å². The van der Waals surface area contributed by atoms with Crippen LogP contribution in [0.1, 0.15) is 42.1 Å². The molecule has 3 rings (SSSR count). The van der Waals surface area contributed by atoms with Crippen LogP contribution in [0.25, 0.3) is 0 Å². The van der Waals surface area contributed by atoms with Gasteiger partial charge in [-0.1, -0.05) is 18.2 Å². The molecule has 2 aromatic carbocycles. The zero-order valence-electron chi connectivity index (χ0n) is 19.0. The molecule has 1 unspecified atom stereocenters. The number of hydrogen-bond acceptors (Lipinski definition) is 6. The highest BCUT2D eigenvalue weighted by Crippen LogP contribution is 2.28. The van der Waals surface area contributed by atoms with Crippen LogP contribution in [0.3, 0.4) is 0 Å². The second kappa shape index (κ2) is 11.4. The summed E-state index contributed by atoms with van der Waals surface area (Å²) in [4.78, 5) is 27.8. The summed E-state index contributed by atoms with van der Waals surface area (Å²) in [6, 6.07) is 12.2. The van der Waals surface area contributed by atoms with Crippen LogP contribution in [0.4, 0.5) is 0 Å². The maximum absolute atomic E-state index is 13.2. The number of nitrogens with zero attached hydrogens (tertiary/aromatic N) is 1. The van der Waals surface area contributed by atoms with Gasteiger partial charge in [-0.25, -0.2) is 4.79 Å². The summed E-state index contributed by atoms with van der Waals surface area (Å²) >= 11 is 0. The second-order valence-electron chi connectivity index (χ2n) is 7.55. The van der Waals surface area contributed by atoms with Crippen LogP contribution < -0.4 is 14.2 Å². The molecule has 32 heavy (non-hydrogen) atoms. The first-order chi connectivity index (χ1) is 15.6. The van der Waals surface area contributed by atoms with Crippen molar-refractivity contribution in [2.45, 2.75) is 38.6 Å². The summed E-state index contributed by atoms with van der Waals surface area (Å²) in [6.45, 7) is 3.09. The molecule has 0 N–H and O–H groups in total. The first-order valence-electron chi connectivity index (χ1n) is 11.0. The van der Waals surface area contributed by atoms with Crippen molar-refractivity contribution < 1.29 is 28.5 Å². The van der Waals surface area contributed by atoms with Crippen molar-refractivity contribution in [1.29, 1.82) is 0 Å². The number of piperidine rings is 1. The largest absolute Gasteiger partial charge is 0.493 e. The van der Waals surface area contributed by atoms with E-state index in [2.05, 4.69) is 0 Å². The van der Waals surface area contributed by atoms with Gasteiger partial charge < -0.3 is 23.8 Å². The molecule has 0 aliphatic carbocycles. The van der Waals surface area contributed by atoms with E-state index in [4.69, 9.17) is 18.9 Å². The molecule has 1 amide bonds. The second-order valence-corrected chi connectivity index (χ2v) is 7.55. The van der Waals surface area contributed by atoms with E-state index in [9.17, 15) is 9.59 Å². The summed E-state index contributed by atoms with van der Waals surface area (Å²) in [5.41, 5.74) is 1.44. The number of ether oxygens (including phenoxy) is 4. The SMILES string of the molecule is CCOc1ccccc1C(=O)N1CCCCC1C(=O)OCCc1ccc(OC)c(OC)c1. The fourth-order valence-electron chi connectivity index (χ4n) is 3.90. The first-order valence-corrected chi connectivity index (χ1v) is 11.0. The highest BCUT2D eigenvalue weighted by molar-refractivity contribution is 5.99. The number of benzene rings is 2. The highest BCUT2D eigenvalue weighted by Gasteiger charge is 2.34. The Morgan fingerprint density at radius 1 is 1.00 bits per heavy atom. The lowest BCUT2D eigenvalue weighted by molar-refractivity contribution is -0.150. The normalized spacial score (nSPS) is 15.7. The molecule has 1 fully saturated rings. The Labute approximate surface area is 189 Å². The summed E-state index contributed by atoms with van der Waals surface area (Å²) in [7, 11) is 3.17. The Morgan fingerprint density at radius 2 is 1.78 bits per heavy atom. The zero-order valence-corrected chi connectivity index (χ0v) is 19.0. The van der Waals surface area contributed by atoms with Crippen LogP contribution in [0.15, 0.2) is 42.5 Å². The standard InChI is InChI=1S/C25H31NO6/c1-4-31-21-11-6-5-9-19(21)24(27)26-15-8-7-10-20(26)25(28)32-16-14-18-12-13-22(29-2)23(17-18)30-3/h5-6,9,11-13,17,20H,4,7-8,10,14-16H2,1-3H3. The van der Waals surface area contributed by atoms with E-state index in [0.29, 0.717) is 48.8 Å². The quantitative estimate of drug-likeness (QED) is 0.550. The lowest BCUT2D eigenvalue weighted by Crippen LogP contribution is -2.48. The third-order valence-corrected chi connectivity index (χ3v) is 5.54. The molecule has 1 heterocycles. The van der Waals surface area contributed by atoms with E-state index < -0.39 is 6.04 Å². The summed E-state index contributed by atoms with van der Waals surface area (Å²) in [5, 5.41) is 0. The van der Waals surface area contributed by atoms with Crippen molar-refractivity contribution in [1.82, 2.24) is 4.90 Å². The van der Waals surface area contributed by atoms with E-state index in [1.54, 1.807) is 37.3 Å². The van der Waals surface area contributed by atoms with Crippen LogP contribution in [0, 0.1) is 0 Å². The molecule has 1 saturated heterocycles. The summed E-state index contributed by atoms with van der Waals surface area (Å²) < 4.78 is 21.8. The molecule has 7 nitrogen and oxygen atoms in total. The van der Waals surface area contributed by atoms with E-state index in [0.717, 1.165) is 18.4 Å². The molecule has 7 heteroatoms. The number of carbonyl (C=O) groups is 2. The van der Waals surface area contributed by atoms with Gasteiger partial charge in [0.25, 0.3) is 5.91 Å². The number of likely N-dealkylation sites (tertiary alicyclic amines) is 1. The van der Waals surface area contributed by atoms with Crippen LogP contribution in [0.2, 0.25) is 0 Å². The number of carbonyl (C=O) groups excluding carboxylic acids is 2. The van der Waals surface area contributed by atoms with Gasteiger partial charge in [0, 0.05) is 13.0 Å². The third-order valence-electron chi connectivity index (χ3n) is 5.54. The average molecular weight is 442 g/mol. The van der Waals surface area contributed by atoms with Gasteiger partial charge in [-0.2, -0.15) is 0 Å². The maximum atomic E-state index is 13.2. The smallest absolute Gasteiger partial charge is 0.328 e. The molecule has 0 aromatic heterocycles. The average Bonchev–Trinajstić information content (AvgIpc) is 2.84. The molecule has 1 atom stereocenters. The van der Waals surface area contributed by atoms with E-state index in [1.165, 1.54) is 0 Å². The van der Waals surface area contributed by atoms with Crippen LogP contribution in [0.5, 0.6) is 17.2 Å². The van der Waals surface area contributed by atoms with Gasteiger partial charge in [0.1, 0.15) is 11.8 Å². The predicted octanol–water partition coefficient (Wildman–Crippen LogP) is 3.88. The molecule has 1 aliphatic heterocycles. The van der Waals surface area contributed by atoms with Crippen molar-refractivity contribution in [3.63, 3.8) is 0 Å². The topological polar surface area (TPSA) is 74.3 Å². The lowest BCUT2D eigenvalue weighted by Gasteiger charge is -2.34. The molecule has 0 spiro atoms. The molecular weight excluding hydrogens is 410 g/mol. The van der Waals surface area contributed by atoms with Crippen LogP contribution in [-0.4, -0.2) is 56.8 Å². The van der Waals surface area contributed by atoms with Gasteiger partial charge in [-0.15, -0.1) is 0 Å². The van der Waals surface area contributed by atoms with Gasteiger partial charge in [-0.05, 0) is 56.0 Å². The van der Waals surface area contributed by atoms with Crippen molar-refractivity contribution in [3.05, 3.63) is 53.6 Å². The van der Waals surface area contributed by atoms with Crippen LogP contribution in [-0.2, 0) is 16.0 Å². The fourth-order valence-corrected chi connectivity index (χ4v) is 3.90. The van der Waals surface area contributed by atoms with Gasteiger partial charge >= 0.3 is 5.97 Å². The van der Waals surface area contributed by atoms with Crippen LogP contribution >= 0.6 is 0 Å². The predicted molar refractivity (Wildman–Crippen MR) is 120 cm³/mol. The Balaban J connectivity index is 1.64. The molecule has 0 bridgehead atoms.